The second-order valence-electron chi connectivity index (χ2n) is 14.0. The predicted octanol–water partition coefficient (Wildman–Crippen LogP) is 6.12. The second-order valence-corrected chi connectivity index (χ2v) is 17.8. The van der Waals surface area contributed by atoms with E-state index in [0.717, 1.165) is 16.5 Å². The number of hydrogen-bond donors (Lipinski definition) is 1. The van der Waals surface area contributed by atoms with E-state index in [-0.39, 0.29) is 43.5 Å². The van der Waals surface area contributed by atoms with Crippen LogP contribution >= 0.6 is 0 Å². The standard InChI is InChI=1S/C40H41FN4O5Si/c1-27-37(51(2,3)41)35(23-36(47)43(21-22-46)25-28-11-5-4-6-12-28)50-40(27)33-15-9-10-16-34(33)44(39(40)49)26-29-17-19-31(20-18-29)45-38(48)32-14-8-7-13-30(32)24-42-45/h4-20,24,27,35,37,46H,21-23,25-26H2,1-3H3/t27-,35+,37-,40+/m0/s1. The summed E-state index contributed by atoms with van der Waals surface area (Å²) < 4.78 is 24.5. The molecule has 11 heteroatoms. The Hall–Kier alpha value is -4.97. The molecule has 3 heterocycles. The first-order valence-electron chi connectivity index (χ1n) is 17.3. The van der Waals surface area contributed by atoms with Crippen LogP contribution in [0.3, 0.4) is 0 Å². The summed E-state index contributed by atoms with van der Waals surface area (Å²) in [6, 6.07) is 31.6. The highest BCUT2D eigenvalue weighted by Gasteiger charge is 2.67. The van der Waals surface area contributed by atoms with Gasteiger partial charge in [0.25, 0.3) is 11.5 Å². The van der Waals surface area contributed by atoms with Crippen LogP contribution in [-0.2, 0) is 33.0 Å². The molecule has 2 aliphatic heterocycles. The Kier molecular flexibility index (Phi) is 9.21. The number of anilines is 1. The van der Waals surface area contributed by atoms with E-state index in [4.69, 9.17) is 4.74 Å². The summed E-state index contributed by atoms with van der Waals surface area (Å²) >= 11 is 0. The van der Waals surface area contributed by atoms with E-state index >= 15 is 4.11 Å². The summed E-state index contributed by atoms with van der Waals surface area (Å²) in [5, 5.41) is 15.5. The molecule has 1 spiro atoms. The molecule has 0 unspecified atom stereocenters. The molecule has 4 atom stereocenters. The highest BCUT2D eigenvalue weighted by molar-refractivity contribution is 6.72. The quantitative estimate of drug-likeness (QED) is 0.139. The summed E-state index contributed by atoms with van der Waals surface area (Å²) in [5.41, 5.74) is 1.35. The first kappa shape index (κ1) is 34.5. The number of nitrogens with zero attached hydrogens (tertiary/aromatic N) is 4. The summed E-state index contributed by atoms with van der Waals surface area (Å²) in [5.74, 6) is -1.10. The topological polar surface area (TPSA) is 105 Å². The van der Waals surface area contributed by atoms with Gasteiger partial charge in [0.2, 0.25) is 14.3 Å². The highest BCUT2D eigenvalue weighted by atomic mass is 28.4. The molecular formula is C40H41FN4O5Si. The molecule has 2 amide bonds. The molecule has 5 aromatic rings. The maximum atomic E-state index is 16.4. The summed E-state index contributed by atoms with van der Waals surface area (Å²) in [6.07, 6.45) is 0.721. The van der Waals surface area contributed by atoms with Crippen molar-refractivity contribution in [3.8, 4) is 5.69 Å². The van der Waals surface area contributed by atoms with Gasteiger partial charge in [-0.2, -0.15) is 9.78 Å². The molecule has 4 aromatic carbocycles. The van der Waals surface area contributed by atoms with Crippen LogP contribution in [0.2, 0.25) is 18.6 Å². The van der Waals surface area contributed by atoms with Gasteiger partial charge in [-0.25, -0.2) is 0 Å². The van der Waals surface area contributed by atoms with E-state index in [1.165, 1.54) is 4.68 Å². The molecular weight excluding hydrogens is 664 g/mol. The lowest BCUT2D eigenvalue weighted by atomic mass is 9.82. The van der Waals surface area contributed by atoms with Gasteiger partial charge in [0.05, 0.1) is 48.6 Å². The fourth-order valence-corrected chi connectivity index (χ4v) is 10.6. The molecule has 0 aliphatic carbocycles. The fraction of sp³-hybridized carbons (Fsp3) is 0.300. The van der Waals surface area contributed by atoms with Gasteiger partial charge in [-0.3, -0.25) is 14.4 Å². The monoisotopic (exact) mass is 704 g/mol. The normalized spacial score (nSPS) is 21.4. The first-order chi connectivity index (χ1) is 24.5. The van der Waals surface area contributed by atoms with Crippen molar-refractivity contribution in [1.29, 1.82) is 0 Å². The van der Waals surface area contributed by atoms with Crippen molar-refractivity contribution < 1.29 is 23.5 Å². The molecule has 1 fully saturated rings. The van der Waals surface area contributed by atoms with Crippen LogP contribution in [-0.4, -0.2) is 59.3 Å². The number of aliphatic hydroxyl groups excluding tert-OH is 1. The van der Waals surface area contributed by atoms with Crippen molar-refractivity contribution in [3.63, 3.8) is 0 Å². The van der Waals surface area contributed by atoms with Crippen LogP contribution in [0.4, 0.5) is 9.80 Å². The van der Waals surface area contributed by atoms with Crippen molar-refractivity contribution >= 4 is 36.7 Å². The number of carbonyl (C=O) groups excluding carboxylic acids is 2. The predicted molar refractivity (Wildman–Crippen MR) is 197 cm³/mol. The van der Waals surface area contributed by atoms with Gasteiger partial charge in [0, 0.05) is 35.5 Å². The second kappa shape index (κ2) is 13.6. The van der Waals surface area contributed by atoms with Crippen molar-refractivity contribution in [1.82, 2.24) is 14.7 Å². The van der Waals surface area contributed by atoms with Crippen molar-refractivity contribution in [2.45, 2.75) is 56.8 Å². The molecule has 51 heavy (non-hydrogen) atoms. The molecule has 262 valence electrons. The Morgan fingerprint density at radius 1 is 0.941 bits per heavy atom. The minimum atomic E-state index is -3.50. The van der Waals surface area contributed by atoms with Crippen LogP contribution < -0.4 is 10.5 Å². The molecule has 0 bridgehead atoms. The van der Waals surface area contributed by atoms with Crippen LogP contribution in [0.5, 0.6) is 0 Å². The SMILES string of the molecule is C[C@H]1[C@H]([Si](C)(C)F)[C@@H](CC(=O)N(CCO)Cc2ccccc2)O[C@]12C(=O)N(Cc1ccc(-n3ncc4ccccc4c3=O)cc1)c1ccccc12. The Morgan fingerprint density at radius 3 is 2.35 bits per heavy atom. The van der Waals surface area contributed by atoms with E-state index in [1.807, 2.05) is 91.9 Å². The van der Waals surface area contributed by atoms with E-state index < -0.39 is 31.6 Å². The fourth-order valence-electron chi connectivity index (χ4n) is 8.08. The van der Waals surface area contributed by atoms with Crippen molar-refractivity contribution in [2.24, 2.45) is 5.92 Å². The molecule has 1 saturated heterocycles. The number of aromatic nitrogens is 2. The highest BCUT2D eigenvalue weighted by Crippen LogP contribution is 2.60. The van der Waals surface area contributed by atoms with E-state index in [2.05, 4.69) is 5.10 Å². The zero-order chi connectivity index (χ0) is 35.9. The molecule has 7 rings (SSSR count). The maximum absolute atomic E-state index is 16.4. The number of halogens is 1. The number of rotatable bonds is 10. The minimum Gasteiger partial charge on any atom is -0.395 e. The summed E-state index contributed by atoms with van der Waals surface area (Å²) in [7, 11) is -3.50. The van der Waals surface area contributed by atoms with Crippen molar-refractivity contribution in [2.75, 3.05) is 18.1 Å². The van der Waals surface area contributed by atoms with Crippen LogP contribution in [0, 0.1) is 5.92 Å². The lowest BCUT2D eigenvalue weighted by Crippen LogP contribution is -2.45. The van der Waals surface area contributed by atoms with Crippen LogP contribution in [0.15, 0.2) is 114 Å². The van der Waals surface area contributed by atoms with Gasteiger partial charge in [-0.15, -0.1) is 0 Å². The molecule has 1 N–H and O–H groups in total. The lowest BCUT2D eigenvalue weighted by molar-refractivity contribution is -0.150. The largest absolute Gasteiger partial charge is 0.395 e. The number of fused-ring (bicyclic) bond motifs is 3. The van der Waals surface area contributed by atoms with E-state index in [0.29, 0.717) is 28.9 Å². The Balaban J connectivity index is 1.17. The number of aliphatic hydroxyl groups is 1. The Bertz CT molecular complexity index is 2140. The molecule has 0 radical (unpaired) electrons. The zero-order valence-electron chi connectivity index (χ0n) is 28.9. The van der Waals surface area contributed by atoms with Gasteiger partial charge in [-0.05, 0) is 48.5 Å². The summed E-state index contributed by atoms with van der Waals surface area (Å²) in [6.45, 7) is 5.54. The minimum absolute atomic E-state index is 0.108. The molecule has 2 aliphatic rings. The number of ether oxygens (including phenoxy) is 1. The van der Waals surface area contributed by atoms with Gasteiger partial charge in [-0.1, -0.05) is 85.8 Å². The number of carbonyl (C=O) groups is 2. The number of para-hydroxylation sites is 1. The van der Waals surface area contributed by atoms with Gasteiger partial charge < -0.3 is 23.8 Å². The number of benzene rings is 4. The molecule has 1 aromatic heterocycles. The average Bonchev–Trinajstić information content (AvgIpc) is 3.55. The molecule has 9 nitrogen and oxygen atoms in total. The third kappa shape index (κ3) is 6.19. The van der Waals surface area contributed by atoms with Crippen molar-refractivity contribution in [3.05, 3.63) is 136 Å². The molecule has 0 saturated carbocycles. The third-order valence-electron chi connectivity index (χ3n) is 10.4. The Morgan fingerprint density at radius 2 is 1.63 bits per heavy atom. The van der Waals surface area contributed by atoms with E-state index in [9.17, 15) is 19.5 Å². The smallest absolute Gasteiger partial charge is 0.279 e. The maximum Gasteiger partial charge on any atom is 0.279 e. The van der Waals surface area contributed by atoms with Gasteiger partial charge >= 0.3 is 0 Å². The lowest BCUT2D eigenvalue weighted by Gasteiger charge is -2.31. The van der Waals surface area contributed by atoms with Crippen LogP contribution in [0.25, 0.3) is 16.5 Å². The van der Waals surface area contributed by atoms with Gasteiger partial charge in [0.15, 0.2) is 5.60 Å². The third-order valence-corrected chi connectivity index (χ3v) is 12.9. The Labute approximate surface area is 297 Å². The van der Waals surface area contributed by atoms with E-state index in [1.54, 1.807) is 47.3 Å². The van der Waals surface area contributed by atoms with Gasteiger partial charge in [0.1, 0.15) is 0 Å². The first-order valence-corrected chi connectivity index (χ1v) is 20.3. The van der Waals surface area contributed by atoms with Crippen LogP contribution in [0.1, 0.15) is 30.0 Å². The number of hydrogen-bond acceptors (Lipinski definition) is 6. The summed E-state index contributed by atoms with van der Waals surface area (Å²) in [4.78, 5) is 45.0. The zero-order valence-corrected chi connectivity index (χ0v) is 29.9. The average molecular weight is 705 g/mol. The number of amides is 2.